The molecule has 1 aliphatic heterocycles. The van der Waals surface area contributed by atoms with E-state index in [9.17, 15) is 9.18 Å². The second-order valence-electron chi connectivity index (χ2n) is 5.90. The molecule has 1 N–H and O–H groups in total. The van der Waals surface area contributed by atoms with Crippen LogP contribution in [0.2, 0.25) is 0 Å². The molecule has 120 valence electrons. The first-order valence-electron chi connectivity index (χ1n) is 7.67. The first kappa shape index (κ1) is 15.5. The zero-order valence-electron chi connectivity index (χ0n) is 13.4. The summed E-state index contributed by atoms with van der Waals surface area (Å²) >= 11 is 0. The van der Waals surface area contributed by atoms with Crippen LogP contribution >= 0.6 is 0 Å². The van der Waals surface area contributed by atoms with Gasteiger partial charge in [0.25, 0.3) is 0 Å². The van der Waals surface area contributed by atoms with Crippen LogP contribution in [-0.2, 0) is 11.2 Å². The van der Waals surface area contributed by atoms with Crippen LogP contribution in [0.4, 0.5) is 10.2 Å². The molecule has 1 aliphatic rings. The number of esters is 1. The fourth-order valence-electron chi connectivity index (χ4n) is 3.00. The monoisotopic (exact) mass is 314 g/mol. The Morgan fingerprint density at radius 2 is 2.00 bits per heavy atom. The standard InChI is InChI=1S/C18H19FN2O2/c1-10(2)16-15(18(22)23-3)14(11-4-6-12(19)7-5-11)13-8-9-20-17(13)21-16/h4-7,10H,8-9H2,1-3H3,(H,20,21). The van der Waals surface area contributed by atoms with Crippen LogP contribution in [0, 0.1) is 5.82 Å². The van der Waals surface area contributed by atoms with Crippen molar-refractivity contribution in [1.29, 1.82) is 0 Å². The van der Waals surface area contributed by atoms with Gasteiger partial charge in [-0.1, -0.05) is 26.0 Å². The molecule has 3 rings (SSSR count). The zero-order valence-corrected chi connectivity index (χ0v) is 13.4. The lowest BCUT2D eigenvalue weighted by Crippen LogP contribution is -2.13. The highest BCUT2D eigenvalue weighted by molar-refractivity contribution is 6.00. The van der Waals surface area contributed by atoms with Crippen LogP contribution in [0.25, 0.3) is 11.1 Å². The van der Waals surface area contributed by atoms with Crippen LogP contribution < -0.4 is 5.32 Å². The molecule has 23 heavy (non-hydrogen) atoms. The molecule has 0 aliphatic carbocycles. The Hall–Kier alpha value is -2.43. The van der Waals surface area contributed by atoms with Crippen molar-refractivity contribution in [3.63, 3.8) is 0 Å². The van der Waals surface area contributed by atoms with Gasteiger partial charge in [0.1, 0.15) is 11.6 Å². The number of halogens is 1. The SMILES string of the molecule is COC(=O)c1c(C(C)C)nc2c(c1-c1ccc(F)cc1)CCN2. The summed E-state index contributed by atoms with van der Waals surface area (Å²) in [5.74, 6) is 0.160. The third-order valence-corrected chi connectivity index (χ3v) is 4.06. The summed E-state index contributed by atoms with van der Waals surface area (Å²) in [7, 11) is 1.37. The van der Waals surface area contributed by atoms with Crippen molar-refractivity contribution in [3.05, 3.63) is 46.9 Å². The number of aromatic nitrogens is 1. The van der Waals surface area contributed by atoms with E-state index in [4.69, 9.17) is 4.74 Å². The van der Waals surface area contributed by atoms with E-state index in [1.165, 1.54) is 19.2 Å². The van der Waals surface area contributed by atoms with Gasteiger partial charge in [0, 0.05) is 17.7 Å². The molecule has 1 aromatic heterocycles. The van der Waals surface area contributed by atoms with Gasteiger partial charge >= 0.3 is 5.97 Å². The highest BCUT2D eigenvalue weighted by Crippen LogP contribution is 2.38. The maximum Gasteiger partial charge on any atom is 0.340 e. The van der Waals surface area contributed by atoms with E-state index in [1.807, 2.05) is 13.8 Å². The quantitative estimate of drug-likeness (QED) is 0.876. The summed E-state index contributed by atoms with van der Waals surface area (Å²) in [5, 5.41) is 3.26. The summed E-state index contributed by atoms with van der Waals surface area (Å²) in [5.41, 5.74) is 3.77. The van der Waals surface area contributed by atoms with Gasteiger partial charge < -0.3 is 10.1 Å². The number of hydrogen-bond donors (Lipinski definition) is 1. The van der Waals surface area contributed by atoms with Gasteiger partial charge in [-0.05, 0) is 30.0 Å². The van der Waals surface area contributed by atoms with Crippen molar-refractivity contribution in [2.45, 2.75) is 26.2 Å². The second-order valence-corrected chi connectivity index (χ2v) is 5.90. The first-order chi connectivity index (χ1) is 11.0. The van der Waals surface area contributed by atoms with Crippen molar-refractivity contribution in [2.75, 3.05) is 19.0 Å². The summed E-state index contributed by atoms with van der Waals surface area (Å²) in [6.45, 7) is 4.76. The van der Waals surface area contributed by atoms with Crippen LogP contribution in [0.1, 0.15) is 41.4 Å². The fraction of sp³-hybridized carbons (Fsp3) is 0.333. The van der Waals surface area contributed by atoms with Gasteiger partial charge in [0.05, 0.1) is 18.4 Å². The van der Waals surface area contributed by atoms with E-state index in [1.54, 1.807) is 12.1 Å². The fourth-order valence-corrected chi connectivity index (χ4v) is 3.00. The van der Waals surface area contributed by atoms with Gasteiger partial charge in [0.15, 0.2) is 0 Å². The number of nitrogens with one attached hydrogen (secondary N) is 1. The van der Waals surface area contributed by atoms with E-state index in [-0.39, 0.29) is 11.7 Å². The number of pyridine rings is 1. The molecule has 1 aromatic carbocycles. The van der Waals surface area contributed by atoms with E-state index >= 15 is 0 Å². The number of anilines is 1. The first-order valence-corrected chi connectivity index (χ1v) is 7.67. The lowest BCUT2D eigenvalue weighted by atomic mass is 9.90. The number of nitrogens with zero attached hydrogens (tertiary/aromatic N) is 1. The number of fused-ring (bicyclic) bond motifs is 1. The van der Waals surface area contributed by atoms with Gasteiger partial charge in [-0.25, -0.2) is 14.2 Å². The van der Waals surface area contributed by atoms with Crippen LogP contribution in [-0.4, -0.2) is 24.6 Å². The largest absolute Gasteiger partial charge is 0.465 e. The minimum Gasteiger partial charge on any atom is -0.465 e. The van der Waals surface area contributed by atoms with Crippen molar-refractivity contribution in [3.8, 4) is 11.1 Å². The van der Waals surface area contributed by atoms with Crippen molar-refractivity contribution in [2.24, 2.45) is 0 Å². The lowest BCUT2D eigenvalue weighted by molar-refractivity contribution is 0.0599. The zero-order chi connectivity index (χ0) is 16.6. The predicted molar refractivity (Wildman–Crippen MR) is 87.3 cm³/mol. The summed E-state index contributed by atoms with van der Waals surface area (Å²) in [6, 6.07) is 6.20. The number of benzene rings is 1. The Balaban J connectivity index is 2.34. The van der Waals surface area contributed by atoms with Crippen molar-refractivity contribution >= 4 is 11.8 Å². The Morgan fingerprint density at radius 3 is 2.61 bits per heavy atom. The molecular formula is C18H19FN2O2. The van der Waals surface area contributed by atoms with Gasteiger partial charge in [0.2, 0.25) is 0 Å². The van der Waals surface area contributed by atoms with Gasteiger partial charge in [-0.2, -0.15) is 0 Å². The number of ether oxygens (including phenoxy) is 1. The van der Waals surface area contributed by atoms with E-state index < -0.39 is 5.97 Å². The smallest absolute Gasteiger partial charge is 0.340 e. The minimum atomic E-state index is -0.407. The highest BCUT2D eigenvalue weighted by atomic mass is 19.1. The Morgan fingerprint density at radius 1 is 1.30 bits per heavy atom. The molecule has 0 fully saturated rings. The Labute approximate surface area is 134 Å². The van der Waals surface area contributed by atoms with E-state index in [0.29, 0.717) is 11.3 Å². The van der Waals surface area contributed by atoms with Crippen LogP contribution in [0.5, 0.6) is 0 Å². The summed E-state index contributed by atoms with van der Waals surface area (Å²) in [4.78, 5) is 17.1. The number of carbonyl (C=O) groups excluding carboxylic acids is 1. The maximum absolute atomic E-state index is 13.3. The number of rotatable bonds is 3. The number of carbonyl (C=O) groups is 1. The molecule has 2 heterocycles. The topological polar surface area (TPSA) is 51.2 Å². The molecule has 0 bridgehead atoms. The average molecular weight is 314 g/mol. The normalized spacial score (nSPS) is 12.9. The summed E-state index contributed by atoms with van der Waals surface area (Å²) in [6.07, 6.45) is 0.775. The van der Waals surface area contributed by atoms with Crippen molar-refractivity contribution < 1.29 is 13.9 Å². The lowest BCUT2D eigenvalue weighted by Gasteiger charge is -2.18. The third kappa shape index (κ3) is 2.67. The molecule has 2 aromatic rings. The molecule has 0 saturated heterocycles. The molecule has 0 spiro atoms. The van der Waals surface area contributed by atoms with Gasteiger partial charge in [-0.3, -0.25) is 0 Å². The van der Waals surface area contributed by atoms with E-state index in [2.05, 4.69) is 10.3 Å². The van der Waals surface area contributed by atoms with Crippen LogP contribution in [0.15, 0.2) is 24.3 Å². The maximum atomic E-state index is 13.3. The molecule has 5 heteroatoms. The average Bonchev–Trinajstić information content (AvgIpc) is 3.01. The highest BCUT2D eigenvalue weighted by Gasteiger charge is 2.28. The predicted octanol–water partition coefficient (Wildman–Crippen LogP) is 3.77. The van der Waals surface area contributed by atoms with Crippen molar-refractivity contribution in [1.82, 2.24) is 4.98 Å². The summed E-state index contributed by atoms with van der Waals surface area (Å²) < 4.78 is 18.3. The molecule has 0 radical (unpaired) electrons. The number of methoxy groups -OCH3 is 1. The van der Waals surface area contributed by atoms with Gasteiger partial charge in [-0.15, -0.1) is 0 Å². The molecule has 0 atom stereocenters. The third-order valence-electron chi connectivity index (χ3n) is 4.06. The number of hydrogen-bond acceptors (Lipinski definition) is 4. The second kappa shape index (κ2) is 5.99. The van der Waals surface area contributed by atoms with E-state index in [0.717, 1.165) is 35.5 Å². The molecule has 0 unspecified atom stereocenters. The Kier molecular flexibility index (Phi) is 4.03. The minimum absolute atomic E-state index is 0.0657. The molecule has 0 saturated carbocycles. The molecular weight excluding hydrogens is 295 g/mol. The molecule has 4 nitrogen and oxygen atoms in total. The Bertz CT molecular complexity index is 755. The van der Waals surface area contributed by atoms with Crippen LogP contribution in [0.3, 0.4) is 0 Å². The molecule has 0 amide bonds.